The Morgan fingerprint density at radius 2 is 1.96 bits per heavy atom. The van der Waals surface area contributed by atoms with E-state index in [0.29, 0.717) is 13.1 Å². The molecule has 0 N–H and O–H groups in total. The van der Waals surface area contributed by atoms with Crippen molar-refractivity contribution in [1.29, 1.82) is 0 Å². The predicted molar refractivity (Wildman–Crippen MR) is 96.5 cm³/mol. The first-order valence-corrected chi connectivity index (χ1v) is 8.21. The Morgan fingerprint density at radius 3 is 2.65 bits per heavy atom. The van der Waals surface area contributed by atoms with Crippen LogP contribution in [0.2, 0.25) is 0 Å². The van der Waals surface area contributed by atoms with Crippen molar-refractivity contribution in [2.75, 3.05) is 14.2 Å². The topological polar surface area (TPSA) is 47.4 Å². The second kappa shape index (κ2) is 7.82. The summed E-state index contributed by atoms with van der Waals surface area (Å²) in [5, 5.41) is 4.34. The predicted octanol–water partition coefficient (Wildman–Crippen LogP) is 3.35. The summed E-state index contributed by atoms with van der Waals surface area (Å²) in [5.74, 6) is -0.698. The van der Waals surface area contributed by atoms with Crippen LogP contribution in [0, 0.1) is 5.82 Å². The van der Waals surface area contributed by atoms with Crippen LogP contribution in [0.15, 0.2) is 60.9 Å². The van der Waals surface area contributed by atoms with Crippen LogP contribution in [0.3, 0.4) is 0 Å². The number of halogens is 1. The maximum Gasteiger partial charge on any atom is 0.254 e. The van der Waals surface area contributed by atoms with E-state index in [9.17, 15) is 9.18 Å². The number of aromatic nitrogens is 2. The number of hydrogen-bond acceptors (Lipinski definition) is 3. The van der Waals surface area contributed by atoms with Crippen molar-refractivity contribution in [3.8, 4) is 5.75 Å². The minimum Gasteiger partial charge on any atom is -0.494 e. The summed E-state index contributed by atoms with van der Waals surface area (Å²) in [6.45, 7) is 1.06. The molecule has 26 heavy (non-hydrogen) atoms. The summed E-state index contributed by atoms with van der Waals surface area (Å²) in [6.07, 6.45) is 3.65. The minimum absolute atomic E-state index is 0.117. The average Bonchev–Trinajstić information content (AvgIpc) is 3.08. The van der Waals surface area contributed by atoms with Gasteiger partial charge in [-0.15, -0.1) is 0 Å². The number of methoxy groups -OCH3 is 1. The molecule has 3 aromatic rings. The molecule has 5 nitrogen and oxygen atoms in total. The Hall–Kier alpha value is -3.15. The van der Waals surface area contributed by atoms with Crippen molar-refractivity contribution in [2.24, 2.45) is 0 Å². The van der Waals surface area contributed by atoms with Gasteiger partial charge in [0.1, 0.15) is 0 Å². The highest BCUT2D eigenvalue weighted by atomic mass is 19.1. The maximum absolute atomic E-state index is 13.8. The van der Waals surface area contributed by atoms with Gasteiger partial charge in [0.15, 0.2) is 11.6 Å². The fourth-order valence-corrected chi connectivity index (χ4v) is 2.71. The van der Waals surface area contributed by atoms with E-state index >= 15 is 0 Å². The van der Waals surface area contributed by atoms with Gasteiger partial charge in [-0.1, -0.05) is 30.3 Å². The SMILES string of the molecule is COc1ccc(C(=O)N(C)Cc2cnn(Cc3ccccc3)c2)cc1F. The molecule has 0 bridgehead atoms. The summed E-state index contributed by atoms with van der Waals surface area (Å²) < 4.78 is 20.5. The number of hydrogen-bond donors (Lipinski definition) is 0. The van der Waals surface area contributed by atoms with Crippen LogP contribution in [0.1, 0.15) is 21.5 Å². The van der Waals surface area contributed by atoms with Gasteiger partial charge in [-0.2, -0.15) is 5.10 Å². The number of rotatable bonds is 6. The highest BCUT2D eigenvalue weighted by Gasteiger charge is 2.15. The summed E-state index contributed by atoms with van der Waals surface area (Å²) in [4.78, 5) is 14.0. The quantitative estimate of drug-likeness (QED) is 0.683. The van der Waals surface area contributed by atoms with Crippen molar-refractivity contribution in [2.45, 2.75) is 13.1 Å². The van der Waals surface area contributed by atoms with Crippen molar-refractivity contribution in [1.82, 2.24) is 14.7 Å². The molecule has 0 spiro atoms. The van der Waals surface area contributed by atoms with Gasteiger partial charge in [-0.3, -0.25) is 9.48 Å². The molecule has 0 unspecified atom stereocenters. The first kappa shape index (κ1) is 17.7. The van der Waals surface area contributed by atoms with Crippen molar-refractivity contribution >= 4 is 5.91 Å². The van der Waals surface area contributed by atoms with Gasteiger partial charge >= 0.3 is 0 Å². The summed E-state index contributed by atoms with van der Waals surface area (Å²) in [6, 6.07) is 14.2. The molecule has 0 radical (unpaired) electrons. The molecule has 1 heterocycles. The second-order valence-electron chi connectivity index (χ2n) is 6.04. The lowest BCUT2D eigenvalue weighted by Gasteiger charge is -2.16. The molecule has 0 aliphatic carbocycles. The molecule has 3 rings (SSSR count). The van der Waals surface area contributed by atoms with Crippen LogP contribution in [0.4, 0.5) is 4.39 Å². The Labute approximate surface area is 151 Å². The van der Waals surface area contributed by atoms with Crippen LogP contribution in [-0.4, -0.2) is 34.7 Å². The van der Waals surface area contributed by atoms with E-state index in [1.807, 2.05) is 41.2 Å². The zero-order valence-electron chi connectivity index (χ0n) is 14.7. The Morgan fingerprint density at radius 1 is 1.19 bits per heavy atom. The Bertz CT molecular complexity index is 893. The maximum atomic E-state index is 13.8. The molecule has 0 atom stereocenters. The van der Waals surface area contributed by atoms with Crippen LogP contribution < -0.4 is 4.74 Å². The zero-order valence-corrected chi connectivity index (χ0v) is 14.7. The monoisotopic (exact) mass is 353 g/mol. The van der Waals surface area contributed by atoms with E-state index < -0.39 is 5.82 Å². The molecule has 134 valence electrons. The normalized spacial score (nSPS) is 10.6. The standard InChI is InChI=1S/C20H20FN3O2/c1-23(20(25)17-8-9-19(26-2)18(21)10-17)12-16-11-22-24(14-16)13-15-6-4-3-5-7-15/h3-11,14H,12-13H2,1-2H3. The lowest BCUT2D eigenvalue weighted by Crippen LogP contribution is -2.26. The Kier molecular flexibility index (Phi) is 5.31. The van der Waals surface area contributed by atoms with Gasteiger partial charge < -0.3 is 9.64 Å². The molecule has 1 aromatic heterocycles. The van der Waals surface area contributed by atoms with Gasteiger partial charge in [0.25, 0.3) is 5.91 Å². The lowest BCUT2D eigenvalue weighted by atomic mass is 10.2. The third kappa shape index (κ3) is 4.08. The average molecular weight is 353 g/mol. The lowest BCUT2D eigenvalue weighted by molar-refractivity contribution is 0.0784. The molecule has 0 fully saturated rings. The Balaban J connectivity index is 1.65. The van der Waals surface area contributed by atoms with E-state index in [4.69, 9.17) is 4.74 Å². The molecule has 0 aliphatic rings. The summed E-state index contributed by atoms with van der Waals surface area (Å²) >= 11 is 0. The number of carbonyl (C=O) groups is 1. The largest absolute Gasteiger partial charge is 0.494 e. The number of benzene rings is 2. The van der Waals surface area contributed by atoms with E-state index in [-0.39, 0.29) is 17.2 Å². The highest BCUT2D eigenvalue weighted by Crippen LogP contribution is 2.19. The van der Waals surface area contributed by atoms with Crippen LogP contribution in [-0.2, 0) is 13.1 Å². The molecule has 1 amide bonds. The summed E-state index contributed by atoms with van der Waals surface area (Å²) in [7, 11) is 3.07. The smallest absolute Gasteiger partial charge is 0.254 e. The molecular weight excluding hydrogens is 333 g/mol. The second-order valence-corrected chi connectivity index (χ2v) is 6.04. The number of amides is 1. The summed E-state index contributed by atoms with van der Waals surface area (Å²) in [5.41, 5.74) is 2.34. The van der Waals surface area contributed by atoms with Gasteiger partial charge in [0.2, 0.25) is 0 Å². The third-order valence-electron chi connectivity index (χ3n) is 4.04. The van der Waals surface area contributed by atoms with Crippen LogP contribution in [0.25, 0.3) is 0 Å². The number of ether oxygens (including phenoxy) is 1. The van der Waals surface area contributed by atoms with Crippen LogP contribution in [0.5, 0.6) is 5.75 Å². The third-order valence-corrected chi connectivity index (χ3v) is 4.04. The van der Waals surface area contributed by atoms with E-state index in [1.165, 1.54) is 24.1 Å². The molecule has 0 aliphatic heterocycles. The first-order chi connectivity index (χ1) is 12.6. The van der Waals surface area contributed by atoms with Gasteiger partial charge in [0.05, 0.1) is 19.9 Å². The molecular formula is C20H20FN3O2. The molecule has 2 aromatic carbocycles. The highest BCUT2D eigenvalue weighted by molar-refractivity contribution is 5.94. The van der Waals surface area contributed by atoms with Crippen molar-refractivity contribution in [3.05, 3.63) is 83.4 Å². The van der Waals surface area contributed by atoms with E-state index in [1.54, 1.807) is 19.3 Å². The van der Waals surface area contributed by atoms with Gasteiger partial charge in [-0.05, 0) is 23.8 Å². The molecule has 0 saturated carbocycles. The first-order valence-electron chi connectivity index (χ1n) is 8.21. The minimum atomic E-state index is -0.553. The van der Waals surface area contributed by atoms with Gasteiger partial charge in [0, 0.05) is 30.9 Å². The fourth-order valence-electron chi connectivity index (χ4n) is 2.71. The zero-order chi connectivity index (χ0) is 18.5. The van der Waals surface area contributed by atoms with Crippen molar-refractivity contribution in [3.63, 3.8) is 0 Å². The molecule has 6 heteroatoms. The van der Waals surface area contributed by atoms with E-state index in [0.717, 1.165) is 11.1 Å². The number of carbonyl (C=O) groups excluding carboxylic acids is 1. The molecule has 0 saturated heterocycles. The van der Waals surface area contributed by atoms with Crippen molar-refractivity contribution < 1.29 is 13.9 Å². The number of nitrogens with zero attached hydrogens (tertiary/aromatic N) is 3. The van der Waals surface area contributed by atoms with Crippen LogP contribution >= 0.6 is 0 Å². The fraction of sp³-hybridized carbons (Fsp3) is 0.200. The van der Waals surface area contributed by atoms with Gasteiger partial charge in [-0.25, -0.2) is 4.39 Å². The van der Waals surface area contributed by atoms with E-state index in [2.05, 4.69) is 5.10 Å².